The molecule has 5 rings (SSSR count). The van der Waals surface area contributed by atoms with Gasteiger partial charge in [0.05, 0.1) is 25.0 Å². The Morgan fingerprint density at radius 1 is 1.31 bits per heavy atom. The van der Waals surface area contributed by atoms with E-state index in [0.29, 0.717) is 11.5 Å². The average molecular weight is 462 g/mol. The van der Waals surface area contributed by atoms with Crippen molar-refractivity contribution in [1.29, 1.82) is 0 Å². The van der Waals surface area contributed by atoms with Crippen LogP contribution in [0.5, 0.6) is 11.5 Å². The molecule has 2 unspecified atom stereocenters. The van der Waals surface area contributed by atoms with Gasteiger partial charge in [0.15, 0.2) is 28.8 Å². The number of rotatable bonds is 5. The normalized spacial score (nSPS) is 28.8. The minimum Gasteiger partial charge on any atom is -0.497 e. The first kappa shape index (κ1) is 21.6. The Morgan fingerprint density at radius 2 is 2.09 bits per heavy atom. The summed E-state index contributed by atoms with van der Waals surface area (Å²) in [5.74, 6) is 0.973. The van der Waals surface area contributed by atoms with Gasteiger partial charge in [-0.2, -0.15) is 0 Å². The van der Waals surface area contributed by atoms with Crippen molar-refractivity contribution in [2.24, 2.45) is 0 Å². The predicted octanol–water partition coefficient (Wildman–Crippen LogP) is 1.99. The van der Waals surface area contributed by atoms with E-state index < -0.39 is 18.2 Å². The van der Waals surface area contributed by atoms with Crippen LogP contribution in [0.4, 0.5) is 0 Å². The van der Waals surface area contributed by atoms with E-state index in [1.54, 1.807) is 13.4 Å². The van der Waals surface area contributed by atoms with Crippen LogP contribution in [0.2, 0.25) is 0 Å². The summed E-state index contributed by atoms with van der Waals surface area (Å²) in [5, 5.41) is 10.0. The first-order valence-electron chi connectivity index (χ1n) is 10.9. The summed E-state index contributed by atoms with van der Waals surface area (Å²) in [4.78, 5) is 26.9. The van der Waals surface area contributed by atoms with E-state index in [1.807, 2.05) is 12.1 Å². The molecule has 1 saturated heterocycles. The first-order chi connectivity index (χ1) is 15.5. The summed E-state index contributed by atoms with van der Waals surface area (Å²) in [5.41, 5.74) is 1.85. The van der Waals surface area contributed by atoms with Gasteiger partial charge in [-0.1, -0.05) is 11.8 Å². The molecule has 8 nitrogen and oxygen atoms in total. The van der Waals surface area contributed by atoms with Crippen LogP contribution >= 0.6 is 11.8 Å². The highest BCUT2D eigenvalue weighted by Crippen LogP contribution is 2.55. The molecule has 0 saturated carbocycles. The number of fused-ring (bicyclic) bond motifs is 3. The monoisotopic (exact) mass is 461 g/mol. The molecular weight excluding hydrogens is 434 g/mol. The predicted molar refractivity (Wildman–Crippen MR) is 117 cm³/mol. The van der Waals surface area contributed by atoms with Gasteiger partial charge >= 0.3 is 5.97 Å². The molecule has 3 aliphatic heterocycles. The van der Waals surface area contributed by atoms with E-state index in [-0.39, 0.29) is 29.8 Å². The second kappa shape index (κ2) is 8.28. The van der Waals surface area contributed by atoms with Crippen LogP contribution in [-0.2, 0) is 25.5 Å². The Bertz CT molecular complexity index is 979. The Balaban J connectivity index is 1.54. The van der Waals surface area contributed by atoms with Gasteiger partial charge in [-0.3, -0.25) is 9.69 Å². The van der Waals surface area contributed by atoms with Gasteiger partial charge < -0.3 is 24.1 Å². The molecule has 172 valence electrons. The van der Waals surface area contributed by atoms with E-state index in [9.17, 15) is 14.7 Å². The molecular formula is C23H27NO7S. The van der Waals surface area contributed by atoms with Gasteiger partial charge in [-0.25, -0.2) is 4.79 Å². The van der Waals surface area contributed by atoms with Crippen molar-refractivity contribution in [3.8, 4) is 11.5 Å². The second-order valence-corrected chi connectivity index (χ2v) is 9.48. The largest absolute Gasteiger partial charge is 0.497 e. The van der Waals surface area contributed by atoms with Crippen LogP contribution in [-0.4, -0.2) is 72.1 Å². The number of nitrogens with zero attached hydrogens (tertiary/aromatic N) is 1. The van der Waals surface area contributed by atoms with Crippen LogP contribution in [0.1, 0.15) is 36.3 Å². The molecule has 1 spiro atoms. The number of thioether (sulfide) groups is 1. The lowest BCUT2D eigenvalue weighted by Crippen LogP contribution is -2.47. The van der Waals surface area contributed by atoms with Gasteiger partial charge in [0, 0.05) is 6.54 Å². The van der Waals surface area contributed by atoms with Gasteiger partial charge in [0.1, 0.15) is 5.76 Å². The summed E-state index contributed by atoms with van der Waals surface area (Å²) < 4.78 is 22.8. The van der Waals surface area contributed by atoms with Crippen LogP contribution in [0, 0.1) is 0 Å². The third-order valence-electron chi connectivity index (χ3n) is 7.07. The van der Waals surface area contributed by atoms with E-state index in [1.165, 1.54) is 0 Å². The topological polar surface area (TPSA) is 94.5 Å². The fraction of sp³-hybridized carbons (Fsp3) is 0.565. The van der Waals surface area contributed by atoms with Crippen molar-refractivity contribution in [3.05, 3.63) is 35.1 Å². The number of methoxy groups -OCH3 is 1. The van der Waals surface area contributed by atoms with Crippen molar-refractivity contribution < 1.29 is 33.6 Å². The van der Waals surface area contributed by atoms with E-state index >= 15 is 0 Å². The number of ether oxygens (including phenoxy) is 4. The number of hydrogen-bond donors (Lipinski definition) is 1. The zero-order valence-electron chi connectivity index (χ0n) is 18.2. The van der Waals surface area contributed by atoms with Crippen LogP contribution in [0.25, 0.3) is 0 Å². The smallest absolute Gasteiger partial charge is 0.336 e. The number of aliphatic hydroxyl groups excluding tert-OH is 1. The lowest BCUT2D eigenvalue weighted by molar-refractivity contribution is -0.161. The first-order valence-corrected chi connectivity index (χ1v) is 12.1. The van der Waals surface area contributed by atoms with Crippen LogP contribution in [0.15, 0.2) is 24.0 Å². The van der Waals surface area contributed by atoms with Gasteiger partial charge in [-0.15, -0.1) is 0 Å². The summed E-state index contributed by atoms with van der Waals surface area (Å²) in [7, 11) is 1.57. The van der Waals surface area contributed by atoms with E-state index in [4.69, 9.17) is 18.9 Å². The number of benzene rings is 1. The molecule has 0 amide bonds. The average Bonchev–Trinajstić information content (AvgIpc) is 3.47. The Hall–Kier alpha value is -2.23. The highest BCUT2D eigenvalue weighted by molar-refractivity contribution is 8.13. The molecule has 4 aliphatic rings. The molecule has 0 radical (unpaired) electrons. The summed E-state index contributed by atoms with van der Waals surface area (Å²) in [6, 6.07) is 4.04. The standard InChI is InChI=1S/C23H27NO7S/c1-28-18-11-23-5-3-6-24(23)7-4-13-8-16-17(30-12-29-16)9-14(13)20(23)21(18)31-22(27)15(25)10-19(26)32-2/h8-9,11,15,20-21,25H,3-7,10,12H2,1-2H3/t15-,20-,21?,23?/m1/s1. The SMILES string of the molecule is COC1=CC23CCCN2CCc2cc4c(cc2[C@@H]3C1OC(=O)[C@H](O)CC(=O)SC)OCO4. The zero-order chi connectivity index (χ0) is 22.5. The Kier molecular flexibility index (Phi) is 5.59. The highest BCUT2D eigenvalue weighted by Gasteiger charge is 2.58. The number of aliphatic hydroxyl groups is 1. The molecule has 4 atom stereocenters. The van der Waals surface area contributed by atoms with Crippen molar-refractivity contribution in [2.45, 2.75) is 49.3 Å². The fourth-order valence-electron chi connectivity index (χ4n) is 5.62. The molecule has 1 aromatic rings. The maximum Gasteiger partial charge on any atom is 0.336 e. The molecule has 32 heavy (non-hydrogen) atoms. The molecule has 1 fully saturated rings. The third kappa shape index (κ3) is 3.38. The van der Waals surface area contributed by atoms with Crippen LogP contribution in [0.3, 0.4) is 0 Å². The number of esters is 1. The minimum absolute atomic E-state index is 0.190. The molecule has 1 aliphatic carbocycles. The molecule has 9 heteroatoms. The highest BCUT2D eigenvalue weighted by atomic mass is 32.2. The van der Waals surface area contributed by atoms with Gasteiger partial charge in [0.25, 0.3) is 0 Å². The van der Waals surface area contributed by atoms with E-state index in [0.717, 1.165) is 61.0 Å². The Morgan fingerprint density at radius 3 is 2.84 bits per heavy atom. The molecule has 1 N–H and O–H groups in total. The van der Waals surface area contributed by atoms with Crippen LogP contribution < -0.4 is 9.47 Å². The number of hydrogen-bond acceptors (Lipinski definition) is 9. The van der Waals surface area contributed by atoms with E-state index in [2.05, 4.69) is 11.0 Å². The van der Waals surface area contributed by atoms with Crippen molar-refractivity contribution in [1.82, 2.24) is 4.90 Å². The Labute approximate surface area is 190 Å². The quantitative estimate of drug-likeness (QED) is 0.661. The third-order valence-corrected chi connectivity index (χ3v) is 7.69. The molecule has 0 bridgehead atoms. The van der Waals surface area contributed by atoms with Gasteiger partial charge in [-0.05, 0) is 61.4 Å². The van der Waals surface area contributed by atoms with Crippen molar-refractivity contribution in [3.63, 3.8) is 0 Å². The maximum absolute atomic E-state index is 12.8. The lowest BCUT2D eigenvalue weighted by Gasteiger charge is -2.39. The maximum atomic E-state index is 12.8. The van der Waals surface area contributed by atoms with Crippen molar-refractivity contribution >= 4 is 22.8 Å². The molecule has 0 aromatic heterocycles. The number of carbonyl (C=O) groups is 2. The summed E-state index contributed by atoms with van der Waals surface area (Å²) in [6.07, 6.45) is 4.03. The molecule has 1 aromatic carbocycles. The number of carbonyl (C=O) groups excluding carboxylic acids is 2. The minimum atomic E-state index is -1.51. The zero-order valence-corrected chi connectivity index (χ0v) is 19.0. The lowest BCUT2D eigenvalue weighted by atomic mass is 9.77. The summed E-state index contributed by atoms with van der Waals surface area (Å²) >= 11 is 0.978. The summed E-state index contributed by atoms with van der Waals surface area (Å²) in [6.45, 7) is 2.02. The molecule has 3 heterocycles. The second-order valence-electron chi connectivity index (χ2n) is 8.62. The fourth-order valence-corrected chi connectivity index (χ4v) is 5.95. The van der Waals surface area contributed by atoms with Crippen molar-refractivity contribution in [2.75, 3.05) is 33.2 Å². The van der Waals surface area contributed by atoms with Gasteiger partial charge in [0.2, 0.25) is 6.79 Å².